The number of aryl methyl sites for hydroxylation is 1. The van der Waals surface area contributed by atoms with Crippen LogP contribution in [-0.4, -0.2) is 54.8 Å². The van der Waals surface area contributed by atoms with Crippen LogP contribution in [-0.2, 0) is 22.9 Å². The molecule has 1 aliphatic carbocycles. The number of sulfonamides is 1. The molecule has 1 unspecified atom stereocenters. The fourth-order valence-corrected chi connectivity index (χ4v) is 6.90. The third-order valence-corrected chi connectivity index (χ3v) is 9.47. The van der Waals surface area contributed by atoms with Crippen molar-refractivity contribution in [1.29, 1.82) is 0 Å². The van der Waals surface area contributed by atoms with Crippen LogP contribution in [0.5, 0.6) is 5.75 Å². The molecule has 2 aliphatic rings. The minimum absolute atomic E-state index is 0.0217. The van der Waals surface area contributed by atoms with Gasteiger partial charge in [0, 0.05) is 38.7 Å². The minimum Gasteiger partial charge on any atom is -0.483 e. The van der Waals surface area contributed by atoms with Crippen molar-refractivity contribution in [2.45, 2.75) is 30.3 Å². The number of aromatic nitrogens is 2. The number of fused-ring (bicyclic) bond motifs is 1. The summed E-state index contributed by atoms with van der Waals surface area (Å²) in [5.74, 6) is -1.65. The van der Waals surface area contributed by atoms with Crippen molar-refractivity contribution in [2.75, 3.05) is 31.1 Å². The molecule has 1 atom stereocenters. The van der Waals surface area contributed by atoms with E-state index >= 15 is 0 Å². The van der Waals surface area contributed by atoms with Gasteiger partial charge in [0.25, 0.3) is 0 Å². The van der Waals surface area contributed by atoms with Crippen molar-refractivity contribution >= 4 is 15.7 Å². The van der Waals surface area contributed by atoms with E-state index in [1.807, 2.05) is 23.1 Å². The van der Waals surface area contributed by atoms with Crippen LogP contribution >= 0.6 is 0 Å². The van der Waals surface area contributed by atoms with E-state index in [1.165, 1.54) is 16.1 Å². The molecular weight excluding hydrogens is 550 g/mol. The largest absolute Gasteiger partial charge is 0.483 e. The number of halogens is 2. The maximum Gasteiger partial charge on any atom is 0.316 e. The topological polar surface area (TPSA) is 84.7 Å². The molecule has 1 aliphatic heterocycles. The Kier molecular flexibility index (Phi) is 7.31. The predicted octanol–water partition coefficient (Wildman–Crippen LogP) is 3.96. The lowest BCUT2D eigenvalue weighted by atomic mass is 9.90. The molecule has 4 aromatic rings. The van der Waals surface area contributed by atoms with E-state index in [0.717, 1.165) is 34.9 Å². The van der Waals surface area contributed by atoms with Crippen molar-refractivity contribution in [3.8, 4) is 11.4 Å². The monoisotopic (exact) mass is 578 g/mol. The van der Waals surface area contributed by atoms with E-state index in [0.29, 0.717) is 31.6 Å². The van der Waals surface area contributed by atoms with E-state index in [1.54, 1.807) is 30.3 Å². The lowest BCUT2D eigenvalue weighted by molar-refractivity contribution is 0.181. The first-order valence-electron chi connectivity index (χ1n) is 13.4. The van der Waals surface area contributed by atoms with Gasteiger partial charge in [-0.15, -0.1) is 0 Å². The Hall–Kier alpha value is -4.09. The summed E-state index contributed by atoms with van der Waals surface area (Å²) in [6.45, 7) is 1.00. The highest BCUT2D eigenvalue weighted by Gasteiger charge is 2.31. The van der Waals surface area contributed by atoms with Gasteiger partial charge in [-0.3, -0.25) is 4.79 Å². The van der Waals surface area contributed by atoms with E-state index in [-0.39, 0.29) is 35.5 Å². The van der Waals surface area contributed by atoms with Crippen molar-refractivity contribution in [3.05, 3.63) is 112 Å². The number of ether oxygens (including phenoxy) is 1. The third kappa shape index (κ3) is 5.47. The van der Waals surface area contributed by atoms with Crippen molar-refractivity contribution in [3.63, 3.8) is 0 Å². The number of rotatable bonds is 6. The van der Waals surface area contributed by atoms with Gasteiger partial charge in [0.15, 0.2) is 0 Å². The Morgan fingerprint density at radius 1 is 0.854 bits per heavy atom. The summed E-state index contributed by atoms with van der Waals surface area (Å²) in [5.41, 5.74) is 2.10. The smallest absolute Gasteiger partial charge is 0.316 e. The summed E-state index contributed by atoms with van der Waals surface area (Å²) in [5, 5.41) is 4.23. The molecule has 212 valence electrons. The Balaban J connectivity index is 1.32. The third-order valence-electron chi connectivity index (χ3n) is 7.55. The zero-order valence-corrected chi connectivity index (χ0v) is 22.9. The maximum absolute atomic E-state index is 14.0. The van der Waals surface area contributed by atoms with Crippen LogP contribution in [0.1, 0.15) is 17.5 Å². The molecule has 8 nitrogen and oxygen atoms in total. The van der Waals surface area contributed by atoms with E-state index in [2.05, 4.69) is 11.2 Å². The number of anilines is 1. The predicted molar refractivity (Wildman–Crippen MR) is 150 cm³/mol. The molecule has 1 fully saturated rings. The molecule has 0 N–H and O–H groups in total. The van der Waals surface area contributed by atoms with Crippen LogP contribution in [0.2, 0.25) is 0 Å². The summed E-state index contributed by atoms with van der Waals surface area (Å²) in [7, 11) is -3.67. The van der Waals surface area contributed by atoms with Crippen LogP contribution in [0.15, 0.2) is 88.7 Å². The van der Waals surface area contributed by atoms with Gasteiger partial charge in [0.1, 0.15) is 23.4 Å². The average Bonchev–Trinajstić information content (AvgIpc) is 2.98. The molecule has 1 aromatic heterocycles. The van der Waals surface area contributed by atoms with Gasteiger partial charge in [0.05, 0.1) is 16.8 Å². The van der Waals surface area contributed by atoms with Crippen LogP contribution in [0.3, 0.4) is 0 Å². The van der Waals surface area contributed by atoms with Crippen LogP contribution in [0.25, 0.3) is 5.69 Å². The quantitative estimate of drug-likeness (QED) is 0.345. The summed E-state index contributed by atoms with van der Waals surface area (Å²) in [6.07, 6.45) is 3.24. The highest BCUT2D eigenvalue weighted by molar-refractivity contribution is 7.89. The van der Waals surface area contributed by atoms with Crippen molar-refractivity contribution in [2.24, 2.45) is 0 Å². The van der Waals surface area contributed by atoms with Crippen LogP contribution < -0.4 is 15.2 Å². The van der Waals surface area contributed by atoms with Gasteiger partial charge in [0.2, 0.25) is 15.8 Å². The van der Waals surface area contributed by atoms with Gasteiger partial charge in [-0.2, -0.15) is 14.1 Å². The first kappa shape index (κ1) is 27.1. The summed E-state index contributed by atoms with van der Waals surface area (Å²) in [6, 6.07) is 19.1. The number of hydrogen-bond donors (Lipinski definition) is 0. The van der Waals surface area contributed by atoms with E-state index in [4.69, 9.17) is 4.74 Å². The molecule has 6 rings (SSSR count). The Labute approximate surface area is 236 Å². The van der Waals surface area contributed by atoms with E-state index < -0.39 is 27.2 Å². The number of hydrogen-bond acceptors (Lipinski definition) is 6. The highest BCUT2D eigenvalue weighted by Crippen LogP contribution is 2.31. The van der Waals surface area contributed by atoms with Crippen LogP contribution in [0.4, 0.5) is 14.5 Å². The molecule has 0 radical (unpaired) electrons. The average molecular weight is 579 g/mol. The SMILES string of the molecule is O=c1c(OC2CCc3ccccc3C2)c(N2CCN(S(=O)(=O)c3ccccc3)CC2)cnn1-c1cc(F)cc(F)c1. The maximum atomic E-state index is 14.0. The van der Waals surface area contributed by atoms with Crippen molar-refractivity contribution < 1.29 is 21.9 Å². The minimum atomic E-state index is -3.67. The fraction of sp³-hybridized carbons (Fsp3) is 0.267. The van der Waals surface area contributed by atoms with Gasteiger partial charge in [-0.25, -0.2) is 17.2 Å². The molecular formula is C30H28F2N4O4S. The molecule has 11 heteroatoms. The number of benzene rings is 3. The first-order chi connectivity index (χ1) is 19.8. The molecule has 3 aromatic carbocycles. The van der Waals surface area contributed by atoms with Gasteiger partial charge in [-0.05, 0) is 48.2 Å². The Morgan fingerprint density at radius 3 is 2.22 bits per heavy atom. The molecule has 41 heavy (non-hydrogen) atoms. The normalized spacial score (nSPS) is 17.7. The first-order valence-corrected chi connectivity index (χ1v) is 14.9. The van der Waals surface area contributed by atoms with Crippen LogP contribution in [0, 0.1) is 11.6 Å². The van der Waals surface area contributed by atoms with E-state index in [9.17, 15) is 22.0 Å². The molecule has 0 saturated carbocycles. The standard InChI is InChI=1S/C30H28F2N4O4S/c31-23-17-24(32)19-25(18-23)36-30(37)29(40-26-11-10-21-6-4-5-7-22(21)16-26)28(20-33-36)34-12-14-35(15-13-34)41(38,39)27-8-2-1-3-9-27/h1-9,17-20,26H,10-16H2. The lowest BCUT2D eigenvalue weighted by Crippen LogP contribution is -2.49. The summed E-state index contributed by atoms with van der Waals surface area (Å²) < 4.78 is 63.0. The molecule has 1 saturated heterocycles. The highest BCUT2D eigenvalue weighted by atomic mass is 32.2. The van der Waals surface area contributed by atoms with Gasteiger partial charge < -0.3 is 9.64 Å². The summed E-state index contributed by atoms with van der Waals surface area (Å²) in [4.78, 5) is 15.9. The second-order valence-electron chi connectivity index (χ2n) is 10.2. The van der Waals surface area contributed by atoms with Gasteiger partial charge in [-0.1, -0.05) is 42.5 Å². The number of piperazine rings is 1. The fourth-order valence-electron chi connectivity index (χ4n) is 5.45. The zero-order chi connectivity index (χ0) is 28.6. The second-order valence-corrected chi connectivity index (χ2v) is 12.1. The molecule has 2 heterocycles. The molecule has 0 amide bonds. The number of nitrogens with zero attached hydrogens (tertiary/aromatic N) is 4. The molecule has 0 bridgehead atoms. The zero-order valence-electron chi connectivity index (χ0n) is 22.1. The van der Waals surface area contributed by atoms with Gasteiger partial charge >= 0.3 is 5.56 Å². The Bertz CT molecular complexity index is 1720. The summed E-state index contributed by atoms with van der Waals surface area (Å²) >= 11 is 0. The second kappa shape index (κ2) is 11.1. The molecule has 0 spiro atoms. The Morgan fingerprint density at radius 2 is 1.51 bits per heavy atom. The van der Waals surface area contributed by atoms with Crippen molar-refractivity contribution in [1.82, 2.24) is 14.1 Å². The lowest BCUT2D eigenvalue weighted by Gasteiger charge is -2.36.